The van der Waals surface area contributed by atoms with Gasteiger partial charge in [0.05, 0.1) is 18.8 Å². The average molecular weight is 398 g/mol. The standard InChI is InChI=1S/C23H27FN2O3/c1-15(26-22(27)23(25)6-8-28-9-7-23)10-16-2-4-20-17(11-16)13-29-14-18-12-19(24)3-5-21(18)20/h2-5,11-12,15H,6-10,13-14,25H2,1H3,(H,26,27)/t15-/m1/s1. The van der Waals surface area contributed by atoms with Gasteiger partial charge in [-0.05, 0) is 66.1 Å². The van der Waals surface area contributed by atoms with Crippen LogP contribution < -0.4 is 11.1 Å². The van der Waals surface area contributed by atoms with E-state index in [1.807, 2.05) is 13.0 Å². The van der Waals surface area contributed by atoms with Crippen LogP contribution in [0.5, 0.6) is 0 Å². The van der Waals surface area contributed by atoms with Crippen LogP contribution >= 0.6 is 0 Å². The number of nitrogens with one attached hydrogen (secondary N) is 1. The van der Waals surface area contributed by atoms with Gasteiger partial charge in [0.25, 0.3) is 0 Å². The Balaban J connectivity index is 1.47. The second-order valence-corrected chi connectivity index (χ2v) is 8.13. The molecule has 2 aromatic carbocycles. The summed E-state index contributed by atoms with van der Waals surface area (Å²) in [6.07, 6.45) is 1.78. The first-order chi connectivity index (χ1) is 13.9. The Morgan fingerprint density at radius 2 is 1.76 bits per heavy atom. The molecule has 5 nitrogen and oxygen atoms in total. The minimum absolute atomic E-state index is 0.0445. The Labute approximate surface area is 170 Å². The molecule has 6 heteroatoms. The zero-order valence-corrected chi connectivity index (χ0v) is 16.7. The van der Waals surface area contributed by atoms with E-state index in [-0.39, 0.29) is 17.8 Å². The SMILES string of the molecule is C[C@H](Cc1ccc2c(c1)COCc1cc(F)ccc1-2)NC(=O)C1(N)CCOCC1. The van der Waals surface area contributed by atoms with Crippen LogP contribution in [0.1, 0.15) is 36.5 Å². The molecule has 2 aromatic rings. The van der Waals surface area contributed by atoms with Crippen molar-refractivity contribution in [3.8, 4) is 11.1 Å². The van der Waals surface area contributed by atoms with Crippen molar-refractivity contribution in [2.75, 3.05) is 13.2 Å². The number of hydrogen-bond acceptors (Lipinski definition) is 4. The van der Waals surface area contributed by atoms with Crippen LogP contribution in [-0.2, 0) is 33.9 Å². The fourth-order valence-electron chi connectivity index (χ4n) is 4.11. The summed E-state index contributed by atoms with van der Waals surface area (Å²) in [7, 11) is 0. The summed E-state index contributed by atoms with van der Waals surface area (Å²) in [5, 5.41) is 3.06. The first kappa shape index (κ1) is 20.0. The highest BCUT2D eigenvalue weighted by Crippen LogP contribution is 2.33. The topological polar surface area (TPSA) is 73.6 Å². The number of nitrogens with two attached hydrogens (primary N) is 1. The van der Waals surface area contributed by atoms with Crippen molar-refractivity contribution in [3.05, 3.63) is 58.9 Å². The predicted octanol–water partition coefficient (Wildman–Crippen LogP) is 3.08. The summed E-state index contributed by atoms with van der Waals surface area (Å²) in [6.45, 7) is 3.90. The highest BCUT2D eigenvalue weighted by atomic mass is 19.1. The van der Waals surface area contributed by atoms with Crippen molar-refractivity contribution in [1.29, 1.82) is 0 Å². The van der Waals surface area contributed by atoms with Gasteiger partial charge in [-0.3, -0.25) is 4.79 Å². The maximum Gasteiger partial charge on any atom is 0.240 e. The quantitative estimate of drug-likeness (QED) is 0.830. The number of carbonyl (C=O) groups is 1. The van der Waals surface area contributed by atoms with Gasteiger partial charge >= 0.3 is 0 Å². The third-order valence-electron chi connectivity index (χ3n) is 5.80. The maximum atomic E-state index is 13.6. The normalized spacial score (nSPS) is 18.9. The summed E-state index contributed by atoms with van der Waals surface area (Å²) in [6, 6.07) is 11.0. The molecule has 2 heterocycles. The van der Waals surface area contributed by atoms with Crippen molar-refractivity contribution < 1.29 is 18.7 Å². The van der Waals surface area contributed by atoms with Gasteiger partial charge in [-0.1, -0.05) is 24.3 Å². The summed E-state index contributed by atoms with van der Waals surface area (Å²) in [5.41, 5.74) is 10.6. The lowest BCUT2D eigenvalue weighted by Gasteiger charge is -2.33. The molecule has 29 heavy (non-hydrogen) atoms. The summed E-state index contributed by atoms with van der Waals surface area (Å²) in [5.74, 6) is -0.360. The van der Waals surface area contributed by atoms with Crippen molar-refractivity contribution in [2.24, 2.45) is 5.73 Å². The molecule has 4 rings (SSSR count). The molecule has 0 saturated carbocycles. The van der Waals surface area contributed by atoms with E-state index in [9.17, 15) is 9.18 Å². The third-order valence-corrected chi connectivity index (χ3v) is 5.80. The van der Waals surface area contributed by atoms with E-state index in [1.165, 1.54) is 12.1 Å². The lowest BCUT2D eigenvalue weighted by atomic mass is 9.89. The predicted molar refractivity (Wildman–Crippen MR) is 109 cm³/mol. The average Bonchev–Trinajstić information content (AvgIpc) is 2.86. The zero-order valence-electron chi connectivity index (χ0n) is 16.7. The van der Waals surface area contributed by atoms with Gasteiger partial charge in [0.15, 0.2) is 0 Å². The Kier molecular flexibility index (Phi) is 5.67. The molecule has 1 amide bonds. The van der Waals surface area contributed by atoms with E-state index in [2.05, 4.69) is 23.5 Å². The van der Waals surface area contributed by atoms with E-state index < -0.39 is 5.54 Å². The Morgan fingerprint density at radius 1 is 1.10 bits per heavy atom. The number of fused-ring (bicyclic) bond motifs is 3. The third kappa shape index (κ3) is 4.34. The van der Waals surface area contributed by atoms with Crippen LogP contribution in [0.2, 0.25) is 0 Å². The molecule has 2 aliphatic rings. The molecule has 1 atom stereocenters. The van der Waals surface area contributed by atoms with Gasteiger partial charge in [-0.2, -0.15) is 0 Å². The van der Waals surface area contributed by atoms with Gasteiger partial charge in [0, 0.05) is 19.3 Å². The molecule has 0 aromatic heterocycles. The van der Waals surface area contributed by atoms with E-state index in [4.69, 9.17) is 15.2 Å². The molecule has 1 saturated heterocycles. The minimum atomic E-state index is -0.840. The number of carbonyl (C=O) groups excluding carboxylic acids is 1. The van der Waals surface area contributed by atoms with Gasteiger partial charge in [0.2, 0.25) is 5.91 Å². The largest absolute Gasteiger partial charge is 0.381 e. The number of benzene rings is 2. The number of halogens is 1. The Morgan fingerprint density at radius 3 is 2.48 bits per heavy atom. The zero-order chi connectivity index (χ0) is 20.4. The first-order valence-electron chi connectivity index (χ1n) is 10.1. The van der Waals surface area contributed by atoms with Gasteiger partial charge in [0.1, 0.15) is 5.82 Å². The lowest BCUT2D eigenvalue weighted by molar-refractivity contribution is -0.130. The van der Waals surface area contributed by atoms with Crippen molar-refractivity contribution in [1.82, 2.24) is 5.32 Å². The molecule has 3 N–H and O–H groups in total. The Bertz CT molecular complexity index is 909. The molecule has 0 bridgehead atoms. The van der Waals surface area contributed by atoms with Crippen LogP contribution in [0, 0.1) is 5.82 Å². The van der Waals surface area contributed by atoms with Crippen LogP contribution in [0.25, 0.3) is 11.1 Å². The van der Waals surface area contributed by atoms with Crippen molar-refractivity contribution in [2.45, 2.75) is 51.0 Å². The fraction of sp³-hybridized carbons (Fsp3) is 0.435. The lowest BCUT2D eigenvalue weighted by Crippen LogP contribution is -2.58. The highest BCUT2D eigenvalue weighted by molar-refractivity contribution is 5.86. The van der Waals surface area contributed by atoms with E-state index in [1.54, 1.807) is 0 Å². The maximum absolute atomic E-state index is 13.6. The van der Waals surface area contributed by atoms with Crippen molar-refractivity contribution in [3.63, 3.8) is 0 Å². The van der Waals surface area contributed by atoms with E-state index >= 15 is 0 Å². The van der Waals surface area contributed by atoms with E-state index in [0.29, 0.717) is 45.7 Å². The summed E-state index contributed by atoms with van der Waals surface area (Å²) < 4.78 is 24.6. The fourth-order valence-corrected chi connectivity index (χ4v) is 4.11. The van der Waals surface area contributed by atoms with E-state index in [0.717, 1.165) is 27.8 Å². The van der Waals surface area contributed by atoms with Crippen LogP contribution in [0.15, 0.2) is 36.4 Å². The molecule has 2 aliphatic heterocycles. The van der Waals surface area contributed by atoms with Crippen LogP contribution in [-0.4, -0.2) is 30.7 Å². The molecule has 0 aliphatic carbocycles. The molecule has 1 fully saturated rings. The minimum Gasteiger partial charge on any atom is -0.381 e. The highest BCUT2D eigenvalue weighted by Gasteiger charge is 2.36. The Hall–Kier alpha value is -2.28. The number of amides is 1. The second kappa shape index (κ2) is 8.22. The second-order valence-electron chi connectivity index (χ2n) is 8.13. The molecule has 0 spiro atoms. The van der Waals surface area contributed by atoms with Gasteiger partial charge in [-0.25, -0.2) is 4.39 Å². The summed E-state index contributed by atoms with van der Waals surface area (Å²) >= 11 is 0. The smallest absolute Gasteiger partial charge is 0.240 e. The number of rotatable bonds is 4. The van der Waals surface area contributed by atoms with Crippen LogP contribution in [0.3, 0.4) is 0 Å². The molecular weight excluding hydrogens is 371 g/mol. The number of ether oxygens (including phenoxy) is 2. The molecule has 0 radical (unpaired) electrons. The molecule has 154 valence electrons. The monoisotopic (exact) mass is 398 g/mol. The molecule has 0 unspecified atom stereocenters. The summed E-state index contributed by atoms with van der Waals surface area (Å²) in [4.78, 5) is 12.6. The number of hydrogen-bond donors (Lipinski definition) is 2. The molecular formula is C23H27FN2O3. The van der Waals surface area contributed by atoms with Gasteiger partial charge in [-0.15, -0.1) is 0 Å². The van der Waals surface area contributed by atoms with Gasteiger partial charge < -0.3 is 20.5 Å². The van der Waals surface area contributed by atoms with Crippen LogP contribution in [0.4, 0.5) is 4.39 Å². The first-order valence-corrected chi connectivity index (χ1v) is 10.1. The van der Waals surface area contributed by atoms with Crippen molar-refractivity contribution >= 4 is 5.91 Å².